The van der Waals surface area contributed by atoms with Crippen LogP contribution in [0.3, 0.4) is 0 Å². The Labute approximate surface area is 192 Å². The zero-order chi connectivity index (χ0) is 22.9. The number of methoxy groups -OCH3 is 1. The van der Waals surface area contributed by atoms with E-state index in [0.29, 0.717) is 19.1 Å². The lowest BCUT2D eigenvalue weighted by atomic mass is 9.97. The lowest BCUT2D eigenvalue weighted by Gasteiger charge is -2.32. The van der Waals surface area contributed by atoms with Crippen LogP contribution in [0.25, 0.3) is 0 Å². The average Bonchev–Trinajstić information content (AvgIpc) is 2.83. The molecule has 1 atom stereocenters. The van der Waals surface area contributed by atoms with Gasteiger partial charge in [0, 0.05) is 37.5 Å². The number of anilines is 1. The number of piperidine rings is 1. The van der Waals surface area contributed by atoms with E-state index in [1.165, 1.54) is 16.8 Å². The van der Waals surface area contributed by atoms with Crippen LogP contribution in [0.5, 0.6) is 5.75 Å². The van der Waals surface area contributed by atoms with Crippen molar-refractivity contribution in [3.63, 3.8) is 0 Å². The highest BCUT2D eigenvalue weighted by Crippen LogP contribution is 2.26. The minimum Gasteiger partial charge on any atom is -0.496 e. The number of aliphatic imine (C=N–C) groups is 1. The molecule has 0 radical (unpaired) electrons. The number of ether oxygens (including phenoxy) is 1. The van der Waals surface area contributed by atoms with Gasteiger partial charge in [-0.15, -0.1) is 0 Å². The molecule has 0 aliphatic carbocycles. The Bertz CT molecular complexity index is 874. The van der Waals surface area contributed by atoms with Crippen LogP contribution in [-0.2, 0) is 6.54 Å². The van der Waals surface area contributed by atoms with Crippen molar-refractivity contribution in [2.75, 3.05) is 38.3 Å². The standard InChI is InChI=1S/C26H38N4O2/c1-5-27-26(29-20(3)24-16-19(2)6-11-25(24)32-4)28-17-21-7-9-23(10-8-21)30-14-12-22(18-31)13-15-30/h6-11,16,20,22,31H,5,12-15,17-18H2,1-4H3,(H2,27,28,29). The summed E-state index contributed by atoms with van der Waals surface area (Å²) in [6.45, 7) is 10.0. The first-order valence-corrected chi connectivity index (χ1v) is 11.7. The molecule has 0 aromatic heterocycles. The zero-order valence-electron chi connectivity index (χ0n) is 19.9. The molecular weight excluding hydrogens is 400 g/mol. The van der Waals surface area contributed by atoms with Crippen molar-refractivity contribution in [3.8, 4) is 5.75 Å². The van der Waals surface area contributed by atoms with Crippen molar-refractivity contribution in [2.24, 2.45) is 10.9 Å². The molecule has 3 N–H and O–H groups in total. The van der Waals surface area contributed by atoms with Crippen LogP contribution in [0.4, 0.5) is 5.69 Å². The molecule has 6 nitrogen and oxygen atoms in total. The predicted molar refractivity (Wildman–Crippen MR) is 133 cm³/mol. The Morgan fingerprint density at radius 1 is 1.19 bits per heavy atom. The zero-order valence-corrected chi connectivity index (χ0v) is 19.9. The molecule has 32 heavy (non-hydrogen) atoms. The number of nitrogens with one attached hydrogen (secondary N) is 2. The molecule has 2 aromatic carbocycles. The van der Waals surface area contributed by atoms with Gasteiger partial charge in [0.05, 0.1) is 19.7 Å². The van der Waals surface area contributed by atoms with Crippen LogP contribution in [0.15, 0.2) is 47.5 Å². The fraction of sp³-hybridized carbons (Fsp3) is 0.500. The Morgan fingerprint density at radius 2 is 1.91 bits per heavy atom. The van der Waals surface area contributed by atoms with Crippen molar-refractivity contribution >= 4 is 11.6 Å². The van der Waals surface area contributed by atoms with E-state index in [4.69, 9.17) is 9.73 Å². The lowest BCUT2D eigenvalue weighted by Crippen LogP contribution is -2.38. The number of aliphatic hydroxyl groups is 1. The average molecular weight is 439 g/mol. The normalized spacial score (nSPS) is 16.0. The number of hydrogen-bond acceptors (Lipinski definition) is 4. The maximum Gasteiger partial charge on any atom is 0.192 e. The number of hydrogen-bond donors (Lipinski definition) is 3. The molecule has 1 aliphatic rings. The van der Waals surface area contributed by atoms with E-state index in [1.54, 1.807) is 7.11 Å². The van der Waals surface area contributed by atoms with Crippen LogP contribution in [0, 0.1) is 12.8 Å². The van der Waals surface area contributed by atoms with Crippen LogP contribution < -0.4 is 20.3 Å². The van der Waals surface area contributed by atoms with Crippen LogP contribution >= 0.6 is 0 Å². The number of nitrogens with zero attached hydrogens (tertiary/aromatic N) is 2. The highest BCUT2D eigenvalue weighted by atomic mass is 16.5. The second-order valence-electron chi connectivity index (χ2n) is 8.59. The molecule has 3 rings (SSSR count). The van der Waals surface area contributed by atoms with Crippen molar-refractivity contribution in [2.45, 2.75) is 46.2 Å². The molecule has 0 bridgehead atoms. The molecule has 6 heteroatoms. The molecule has 1 fully saturated rings. The van der Waals surface area contributed by atoms with Gasteiger partial charge in [0.1, 0.15) is 5.75 Å². The molecule has 1 saturated heterocycles. The van der Waals surface area contributed by atoms with Gasteiger partial charge in [-0.25, -0.2) is 4.99 Å². The first kappa shape index (κ1) is 23.9. The summed E-state index contributed by atoms with van der Waals surface area (Å²) in [5.41, 5.74) is 4.75. The van der Waals surface area contributed by atoms with Gasteiger partial charge < -0.3 is 25.4 Å². The molecule has 0 spiro atoms. The summed E-state index contributed by atoms with van der Waals surface area (Å²) < 4.78 is 5.55. The quantitative estimate of drug-likeness (QED) is 0.429. The monoisotopic (exact) mass is 438 g/mol. The molecular formula is C26H38N4O2. The number of rotatable bonds is 8. The second-order valence-corrected chi connectivity index (χ2v) is 8.59. The van der Waals surface area contributed by atoms with E-state index in [1.807, 2.05) is 6.07 Å². The van der Waals surface area contributed by atoms with Crippen molar-refractivity contribution in [1.29, 1.82) is 0 Å². The summed E-state index contributed by atoms with van der Waals surface area (Å²) in [5.74, 6) is 2.13. The molecule has 1 heterocycles. The third-order valence-corrected chi connectivity index (χ3v) is 6.14. The van der Waals surface area contributed by atoms with Crippen LogP contribution in [0.2, 0.25) is 0 Å². The largest absolute Gasteiger partial charge is 0.496 e. The SMILES string of the molecule is CCNC(=NCc1ccc(N2CCC(CO)CC2)cc1)NC(C)c1cc(C)ccc1OC. The fourth-order valence-corrected chi connectivity index (χ4v) is 4.15. The summed E-state index contributed by atoms with van der Waals surface area (Å²) in [4.78, 5) is 7.21. The Hall–Kier alpha value is -2.73. The predicted octanol–water partition coefficient (Wildman–Crippen LogP) is 4.03. The lowest BCUT2D eigenvalue weighted by molar-refractivity contribution is 0.203. The van der Waals surface area contributed by atoms with Gasteiger partial charge in [-0.3, -0.25) is 0 Å². The first-order chi connectivity index (χ1) is 15.5. The molecule has 1 unspecified atom stereocenters. The van der Waals surface area contributed by atoms with Crippen LogP contribution in [-0.4, -0.2) is 44.4 Å². The molecule has 0 amide bonds. The van der Waals surface area contributed by atoms with Gasteiger partial charge >= 0.3 is 0 Å². The van der Waals surface area contributed by atoms with Gasteiger partial charge in [-0.1, -0.05) is 29.8 Å². The molecule has 1 aliphatic heterocycles. The molecule has 2 aromatic rings. The van der Waals surface area contributed by atoms with Gasteiger partial charge in [0.15, 0.2) is 5.96 Å². The summed E-state index contributed by atoms with van der Waals surface area (Å²) in [5, 5.41) is 16.2. The van der Waals surface area contributed by atoms with E-state index < -0.39 is 0 Å². The minimum absolute atomic E-state index is 0.0619. The fourth-order valence-electron chi connectivity index (χ4n) is 4.15. The van der Waals surface area contributed by atoms with Crippen molar-refractivity contribution in [1.82, 2.24) is 10.6 Å². The summed E-state index contributed by atoms with van der Waals surface area (Å²) in [7, 11) is 1.71. The van der Waals surface area contributed by atoms with Gasteiger partial charge in [0.25, 0.3) is 0 Å². The van der Waals surface area contributed by atoms with E-state index in [0.717, 1.165) is 49.7 Å². The molecule has 174 valence electrons. The third kappa shape index (κ3) is 6.39. The number of aliphatic hydroxyl groups excluding tert-OH is 1. The minimum atomic E-state index is 0.0619. The topological polar surface area (TPSA) is 69.1 Å². The van der Waals surface area contributed by atoms with Crippen LogP contribution in [0.1, 0.15) is 49.4 Å². The van der Waals surface area contributed by atoms with E-state index in [9.17, 15) is 5.11 Å². The second kappa shape index (κ2) is 11.8. The Morgan fingerprint density at radius 3 is 2.53 bits per heavy atom. The Balaban J connectivity index is 1.63. The summed E-state index contributed by atoms with van der Waals surface area (Å²) >= 11 is 0. The van der Waals surface area contributed by atoms with Gasteiger partial charge in [0.2, 0.25) is 0 Å². The maximum absolute atomic E-state index is 9.34. The maximum atomic E-state index is 9.34. The third-order valence-electron chi connectivity index (χ3n) is 6.14. The van der Waals surface area contributed by atoms with Crippen molar-refractivity contribution < 1.29 is 9.84 Å². The molecule has 0 saturated carbocycles. The van der Waals surface area contributed by atoms with Crippen molar-refractivity contribution in [3.05, 3.63) is 59.2 Å². The summed E-state index contributed by atoms with van der Waals surface area (Å²) in [6, 6.07) is 15.0. The first-order valence-electron chi connectivity index (χ1n) is 11.7. The smallest absolute Gasteiger partial charge is 0.192 e. The summed E-state index contributed by atoms with van der Waals surface area (Å²) in [6.07, 6.45) is 2.12. The van der Waals surface area contributed by atoms with Gasteiger partial charge in [-0.2, -0.15) is 0 Å². The Kier molecular flexibility index (Phi) is 8.80. The van der Waals surface area contributed by atoms with E-state index in [2.05, 4.69) is 72.7 Å². The number of aryl methyl sites for hydroxylation is 1. The highest BCUT2D eigenvalue weighted by Gasteiger charge is 2.18. The number of guanidine groups is 1. The van der Waals surface area contributed by atoms with E-state index in [-0.39, 0.29) is 6.04 Å². The highest BCUT2D eigenvalue weighted by molar-refractivity contribution is 5.80. The van der Waals surface area contributed by atoms with Gasteiger partial charge in [-0.05, 0) is 63.3 Å². The van der Waals surface area contributed by atoms with E-state index >= 15 is 0 Å². The number of benzene rings is 2.